The van der Waals surface area contributed by atoms with Crippen molar-refractivity contribution in [2.75, 3.05) is 5.32 Å². The van der Waals surface area contributed by atoms with Crippen LogP contribution in [0.3, 0.4) is 0 Å². The number of aromatic nitrogens is 6. The first-order valence-electron chi connectivity index (χ1n) is 5.66. The van der Waals surface area contributed by atoms with Crippen LogP contribution < -0.4 is 5.32 Å². The third-order valence-electron chi connectivity index (χ3n) is 2.77. The maximum absolute atomic E-state index is 4.70. The van der Waals surface area contributed by atoms with Gasteiger partial charge in [-0.15, -0.1) is 10.2 Å². The summed E-state index contributed by atoms with van der Waals surface area (Å²) < 4.78 is 7.53. The lowest BCUT2D eigenvalue weighted by Gasteiger charge is -2.06. The van der Waals surface area contributed by atoms with Crippen LogP contribution in [0, 0.1) is 3.57 Å². The molecule has 0 aliphatic heterocycles. The van der Waals surface area contributed by atoms with Gasteiger partial charge in [-0.05, 0) is 57.2 Å². The molecule has 0 aliphatic rings. The number of hydrogen-bond donors (Lipinski definition) is 1. The molecule has 20 heavy (non-hydrogen) atoms. The van der Waals surface area contributed by atoms with Crippen LogP contribution in [0.15, 0.2) is 35.2 Å². The van der Waals surface area contributed by atoms with Crippen molar-refractivity contribution in [3.05, 3.63) is 34.2 Å². The van der Waals surface area contributed by atoms with Gasteiger partial charge in [0.1, 0.15) is 6.33 Å². The van der Waals surface area contributed by atoms with Gasteiger partial charge in [0.05, 0.1) is 0 Å². The summed E-state index contributed by atoms with van der Waals surface area (Å²) in [6.07, 6.45) is 1.54. The molecule has 0 atom stereocenters. The molecule has 0 spiro atoms. The van der Waals surface area contributed by atoms with Gasteiger partial charge in [0.15, 0.2) is 5.82 Å². The number of nitrogens with one attached hydrogen (secondary N) is 1. The molecule has 98 valence electrons. The molecule has 4 aromatic rings. The molecule has 0 fully saturated rings. The topological polar surface area (TPSA) is 94.0 Å². The predicted octanol–water partition coefficient (Wildman–Crippen LogP) is 2.01. The zero-order chi connectivity index (χ0) is 13.5. The SMILES string of the molecule is Ic1ccc(Nc2nc3nonc3n3cnnc23)cc1. The number of nitrogens with zero attached hydrogens (tertiary/aromatic N) is 6. The van der Waals surface area contributed by atoms with Crippen molar-refractivity contribution in [1.29, 1.82) is 0 Å². The Morgan fingerprint density at radius 1 is 1.10 bits per heavy atom. The lowest BCUT2D eigenvalue weighted by Crippen LogP contribution is -1.99. The van der Waals surface area contributed by atoms with E-state index in [1.54, 1.807) is 10.7 Å². The third kappa shape index (κ3) is 1.78. The molecular weight excluding hydrogens is 373 g/mol. The average molecular weight is 379 g/mol. The summed E-state index contributed by atoms with van der Waals surface area (Å²) >= 11 is 2.25. The molecule has 0 amide bonds. The average Bonchev–Trinajstić information content (AvgIpc) is 3.08. The summed E-state index contributed by atoms with van der Waals surface area (Å²) in [7, 11) is 0. The summed E-state index contributed by atoms with van der Waals surface area (Å²) in [4.78, 5) is 4.35. The van der Waals surface area contributed by atoms with Gasteiger partial charge in [-0.1, -0.05) is 0 Å². The third-order valence-corrected chi connectivity index (χ3v) is 3.49. The molecule has 3 aromatic heterocycles. The Balaban J connectivity index is 1.88. The number of fused-ring (bicyclic) bond motifs is 3. The van der Waals surface area contributed by atoms with Gasteiger partial charge in [0.25, 0.3) is 0 Å². The number of benzene rings is 1. The van der Waals surface area contributed by atoms with E-state index in [-0.39, 0.29) is 0 Å². The molecule has 0 bridgehead atoms. The second-order valence-electron chi connectivity index (χ2n) is 4.03. The Bertz CT molecular complexity index is 898. The highest BCUT2D eigenvalue weighted by atomic mass is 127. The zero-order valence-corrected chi connectivity index (χ0v) is 12.0. The van der Waals surface area contributed by atoms with Crippen molar-refractivity contribution in [1.82, 2.24) is 29.9 Å². The van der Waals surface area contributed by atoms with E-state index in [0.717, 1.165) is 9.26 Å². The van der Waals surface area contributed by atoms with Crippen LogP contribution in [0.25, 0.3) is 16.9 Å². The summed E-state index contributed by atoms with van der Waals surface area (Å²) in [5, 5.41) is 18.6. The quantitative estimate of drug-likeness (QED) is 0.533. The smallest absolute Gasteiger partial charge is 0.244 e. The van der Waals surface area contributed by atoms with E-state index < -0.39 is 0 Å². The molecule has 9 heteroatoms. The van der Waals surface area contributed by atoms with Gasteiger partial charge in [-0.2, -0.15) is 0 Å². The fourth-order valence-corrected chi connectivity index (χ4v) is 2.22. The van der Waals surface area contributed by atoms with E-state index in [2.05, 4.69) is 53.4 Å². The molecule has 0 saturated carbocycles. The summed E-state index contributed by atoms with van der Waals surface area (Å²) in [5.41, 5.74) is 2.34. The number of hydrogen-bond acceptors (Lipinski definition) is 7. The van der Waals surface area contributed by atoms with Crippen LogP contribution in [0.4, 0.5) is 11.5 Å². The highest BCUT2D eigenvalue weighted by Crippen LogP contribution is 2.22. The summed E-state index contributed by atoms with van der Waals surface area (Å²) in [5.74, 6) is 0.548. The maximum atomic E-state index is 4.70. The minimum Gasteiger partial charge on any atom is -0.337 e. The van der Waals surface area contributed by atoms with Crippen LogP contribution >= 0.6 is 22.6 Å². The van der Waals surface area contributed by atoms with Crippen LogP contribution in [0.2, 0.25) is 0 Å². The monoisotopic (exact) mass is 379 g/mol. The van der Waals surface area contributed by atoms with E-state index in [0.29, 0.717) is 22.8 Å². The minimum absolute atomic E-state index is 0.394. The van der Waals surface area contributed by atoms with Crippen LogP contribution in [-0.4, -0.2) is 29.9 Å². The molecule has 4 rings (SSSR count). The second kappa shape index (κ2) is 4.37. The van der Waals surface area contributed by atoms with E-state index in [1.807, 2.05) is 24.3 Å². The van der Waals surface area contributed by atoms with Crippen LogP contribution in [0.1, 0.15) is 0 Å². The normalized spacial score (nSPS) is 11.2. The van der Waals surface area contributed by atoms with Gasteiger partial charge < -0.3 is 5.32 Å². The first-order chi connectivity index (χ1) is 9.81. The fraction of sp³-hybridized carbons (Fsp3) is 0. The standard InChI is InChI=1S/C11H6IN7O/c12-6-1-3-7(4-2-6)14-8-10-16-13-5-19(10)11-9(15-8)17-20-18-11/h1-5H,(H,14,15,17). The van der Waals surface area contributed by atoms with Crippen molar-refractivity contribution in [3.8, 4) is 0 Å². The van der Waals surface area contributed by atoms with E-state index in [1.165, 1.54) is 0 Å². The Morgan fingerprint density at radius 3 is 2.80 bits per heavy atom. The Hall–Kier alpha value is -2.30. The van der Waals surface area contributed by atoms with Gasteiger partial charge in [-0.25, -0.2) is 9.61 Å². The molecule has 0 saturated heterocycles. The summed E-state index contributed by atoms with van der Waals surface area (Å²) in [6.45, 7) is 0. The van der Waals surface area contributed by atoms with E-state index >= 15 is 0 Å². The molecule has 1 aromatic carbocycles. The zero-order valence-electron chi connectivity index (χ0n) is 9.86. The lowest BCUT2D eigenvalue weighted by atomic mass is 10.3. The van der Waals surface area contributed by atoms with Crippen LogP contribution in [0.5, 0.6) is 0 Å². The van der Waals surface area contributed by atoms with Crippen molar-refractivity contribution >= 4 is 51.0 Å². The van der Waals surface area contributed by atoms with Gasteiger partial charge >= 0.3 is 0 Å². The Labute approximate surface area is 125 Å². The van der Waals surface area contributed by atoms with Gasteiger partial charge in [-0.3, -0.25) is 4.40 Å². The van der Waals surface area contributed by atoms with Crippen molar-refractivity contribution < 1.29 is 4.63 Å². The minimum atomic E-state index is 0.394. The Morgan fingerprint density at radius 2 is 1.95 bits per heavy atom. The summed E-state index contributed by atoms with van der Waals surface area (Å²) in [6, 6.07) is 7.92. The Kier molecular flexibility index (Phi) is 2.52. The first kappa shape index (κ1) is 11.5. The van der Waals surface area contributed by atoms with Crippen molar-refractivity contribution in [2.24, 2.45) is 0 Å². The largest absolute Gasteiger partial charge is 0.337 e. The molecule has 0 unspecified atom stereocenters. The van der Waals surface area contributed by atoms with Crippen molar-refractivity contribution in [2.45, 2.75) is 0 Å². The van der Waals surface area contributed by atoms with Gasteiger partial charge in [0, 0.05) is 9.26 Å². The highest BCUT2D eigenvalue weighted by Gasteiger charge is 2.14. The van der Waals surface area contributed by atoms with Crippen LogP contribution in [-0.2, 0) is 0 Å². The lowest BCUT2D eigenvalue weighted by molar-refractivity contribution is 0.314. The molecular formula is C11H6IN7O. The predicted molar refractivity (Wildman–Crippen MR) is 78.6 cm³/mol. The molecule has 0 radical (unpaired) electrons. The molecule has 1 N–H and O–H groups in total. The first-order valence-corrected chi connectivity index (χ1v) is 6.74. The van der Waals surface area contributed by atoms with E-state index in [9.17, 15) is 0 Å². The number of anilines is 2. The van der Waals surface area contributed by atoms with Gasteiger partial charge in [0.2, 0.25) is 16.9 Å². The molecule has 0 aliphatic carbocycles. The van der Waals surface area contributed by atoms with E-state index in [4.69, 9.17) is 4.63 Å². The molecule has 8 nitrogen and oxygen atoms in total. The highest BCUT2D eigenvalue weighted by molar-refractivity contribution is 14.1. The maximum Gasteiger partial charge on any atom is 0.244 e. The van der Waals surface area contributed by atoms with Crippen molar-refractivity contribution in [3.63, 3.8) is 0 Å². The number of rotatable bonds is 2. The number of halogens is 1. The molecule has 3 heterocycles. The second-order valence-corrected chi connectivity index (χ2v) is 5.27. The fourth-order valence-electron chi connectivity index (χ4n) is 1.86.